The number of carbonyl (C=O) groups excluding carboxylic acids is 4. The smallest absolute Gasteiger partial charge is 0.326 e. The SMILES string of the molecule is CCCCCNC(=O)COCCOCCNC(=O)COCCOCCNC(=O)CC[C@H](NC(=O)CCCCCCCCCCCCCCCCCCC(=O)O)C(=O)O. The normalized spacial score (nSPS) is 11.5. The topological polar surface area (TPSA) is 228 Å². The van der Waals surface area contributed by atoms with Crippen molar-refractivity contribution in [1.29, 1.82) is 0 Å². The van der Waals surface area contributed by atoms with Gasteiger partial charge in [-0.2, -0.15) is 0 Å². The van der Waals surface area contributed by atoms with Crippen LogP contribution in [0.4, 0.5) is 0 Å². The molecule has 0 radical (unpaired) electrons. The van der Waals surface area contributed by atoms with Crippen LogP contribution in [0.1, 0.15) is 155 Å². The number of carboxylic acid groups (broad SMARTS) is 2. The van der Waals surface area contributed by atoms with E-state index in [2.05, 4.69) is 28.2 Å². The highest BCUT2D eigenvalue weighted by Gasteiger charge is 2.20. The summed E-state index contributed by atoms with van der Waals surface area (Å²) in [6, 6.07) is -1.13. The molecule has 4 amide bonds. The van der Waals surface area contributed by atoms with Crippen molar-refractivity contribution in [3.05, 3.63) is 0 Å². The molecule has 0 fully saturated rings. The highest BCUT2D eigenvalue weighted by molar-refractivity contribution is 5.84. The number of ether oxygens (including phenoxy) is 4. The highest BCUT2D eigenvalue weighted by Crippen LogP contribution is 2.14. The summed E-state index contributed by atoms with van der Waals surface area (Å²) in [6.07, 6.45) is 21.5. The minimum absolute atomic E-state index is 0.00663. The summed E-state index contributed by atoms with van der Waals surface area (Å²) in [7, 11) is 0. The van der Waals surface area contributed by atoms with Gasteiger partial charge in [-0.05, 0) is 25.7 Å². The average molecular weight is 831 g/mol. The Hall–Kier alpha value is -3.34. The molecular formula is C42H78N4O12. The first-order valence-corrected chi connectivity index (χ1v) is 22.0. The minimum atomic E-state index is -1.17. The quantitative estimate of drug-likeness (QED) is 0.0444. The number of hydrogen-bond donors (Lipinski definition) is 6. The summed E-state index contributed by atoms with van der Waals surface area (Å²) >= 11 is 0. The summed E-state index contributed by atoms with van der Waals surface area (Å²) in [4.78, 5) is 70.1. The van der Waals surface area contributed by atoms with Gasteiger partial charge in [0, 0.05) is 38.9 Å². The number of rotatable bonds is 44. The first kappa shape index (κ1) is 54.7. The fourth-order valence-electron chi connectivity index (χ4n) is 5.92. The molecule has 0 unspecified atom stereocenters. The molecule has 0 aliphatic heterocycles. The first-order valence-electron chi connectivity index (χ1n) is 22.0. The maximum atomic E-state index is 12.3. The van der Waals surface area contributed by atoms with E-state index in [9.17, 15) is 33.9 Å². The van der Waals surface area contributed by atoms with Gasteiger partial charge in [0.25, 0.3) is 0 Å². The predicted octanol–water partition coefficient (Wildman–Crippen LogP) is 5.05. The van der Waals surface area contributed by atoms with Crippen molar-refractivity contribution < 1.29 is 57.9 Å². The summed E-state index contributed by atoms with van der Waals surface area (Å²) in [5.41, 5.74) is 0. The zero-order valence-corrected chi connectivity index (χ0v) is 35.6. The molecule has 0 rings (SSSR count). The molecule has 0 aliphatic carbocycles. The van der Waals surface area contributed by atoms with Crippen molar-refractivity contribution in [2.45, 2.75) is 161 Å². The molecule has 0 spiro atoms. The number of unbranched alkanes of at least 4 members (excludes halogenated alkanes) is 17. The maximum absolute atomic E-state index is 12.3. The van der Waals surface area contributed by atoms with Gasteiger partial charge in [-0.15, -0.1) is 0 Å². The predicted molar refractivity (Wildman–Crippen MR) is 221 cm³/mol. The number of nitrogens with one attached hydrogen (secondary N) is 4. The molecular weight excluding hydrogens is 752 g/mol. The van der Waals surface area contributed by atoms with Gasteiger partial charge in [-0.3, -0.25) is 24.0 Å². The van der Waals surface area contributed by atoms with Gasteiger partial charge in [-0.1, -0.05) is 110 Å². The van der Waals surface area contributed by atoms with E-state index in [-0.39, 0.29) is 95.5 Å². The van der Waals surface area contributed by atoms with Crippen LogP contribution in [-0.2, 0) is 47.7 Å². The van der Waals surface area contributed by atoms with Gasteiger partial charge in [0.2, 0.25) is 23.6 Å². The van der Waals surface area contributed by atoms with Gasteiger partial charge in [0.15, 0.2) is 0 Å². The first-order chi connectivity index (χ1) is 28.1. The molecule has 0 aromatic heterocycles. The third-order valence-corrected chi connectivity index (χ3v) is 9.29. The van der Waals surface area contributed by atoms with Crippen LogP contribution < -0.4 is 21.3 Å². The van der Waals surface area contributed by atoms with Crippen molar-refractivity contribution >= 4 is 35.6 Å². The second-order valence-electron chi connectivity index (χ2n) is 14.6. The lowest BCUT2D eigenvalue weighted by atomic mass is 10.0. The Morgan fingerprint density at radius 1 is 0.431 bits per heavy atom. The summed E-state index contributed by atoms with van der Waals surface area (Å²) in [6.45, 7) is 4.65. The third kappa shape index (κ3) is 40.8. The van der Waals surface area contributed by atoms with Crippen LogP contribution in [-0.4, -0.2) is 124 Å². The standard InChI is InChI=1S/C42H78N4O12/c1-2-3-20-25-43-39(49)34-57-32-31-56-29-27-45-40(50)35-58-33-30-55-28-26-44-37(47)24-23-36(42(53)54)46-38(48)21-18-16-14-12-10-8-6-4-5-7-9-11-13-15-17-19-22-41(51)52/h36H,2-35H2,1H3,(H,43,49)(H,44,47)(H,45,50)(H,46,48)(H,51,52)(H,53,54)/t36-/m0/s1. The van der Waals surface area contributed by atoms with Gasteiger partial charge >= 0.3 is 11.9 Å². The molecule has 0 aromatic carbocycles. The van der Waals surface area contributed by atoms with Crippen molar-refractivity contribution in [2.24, 2.45) is 0 Å². The molecule has 0 aliphatic rings. The van der Waals surface area contributed by atoms with Crippen LogP contribution in [0.2, 0.25) is 0 Å². The molecule has 6 N–H and O–H groups in total. The average Bonchev–Trinajstić information content (AvgIpc) is 3.19. The molecule has 338 valence electrons. The minimum Gasteiger partial charge on any atom is -0.481 e. The molecule has 0 saturated carbocycles. The maximum Gasteiger partial charge on any atom is 0.326 e. The molecule has 0 bridgehead atoms. The van der Waals surface area contributed by atoms with Crippen LogP contribution in [0.25, 0.3) is 0 Å². The van der Waals surface area contributed by atoms with E-state index < -0.39 is 18.0 Å². The molecule has 0 heterocycles. The van der Waals surface area contributed by atoms with Crippen LogP contribution >= 0.6 is 0 Å². The molecule has 0 aromatic rings. The molecule has 16 heteroatoms. The Kier molecular flexibility index (Phi) is 39.4. The third-order valence-electron chi connectivity index (χ3n) is 9.29. The largest absolute Gasteiger partial charge is 0.481 e. The van der Waals surface area contributed by atoms with E-state index >= 15 is 0 Å². The van der Waals surface area contributed by atoms with Gasteiger partial charge in [0.05, 0.1) is 39.6 Å². The lowest BCUT2D eigenvalue weighted by molar-refractivity contribution is -0.142. The Labute approximate surface area is 347 Å². The van der Waals surface area contributed by atoms with Crippen LogP contribution in [0.5, 0.6) is 0 Å². The molecule has 58 heavy (non-hydrogen) atoms. The Balaban J connectivity index is 3.63. The van der Waals surface area contributed by atoms with Crippen LogP contribution in [0.3, 0.4) is 0 Å². The number of hydrogen-bond acceptors (Lipinski definition) is 10. The summed E-state index contributed by atoms with van der Waals surface area (Å²) in [5.74, 6) is -2.98. The van der Waals surface area contributed by atoms with E-state index in [4.69, 9.17) is 24.1 Å². The van der Waals surface area contributed by atoms with Crippen molar-refractivity contribution in [3.8, 4) is 0 Å². The Morgan fingerprint density at radius 3 is 1.29 bits per heavy atom. The van der Waals surface area contributed by atoms with Gasteiger partial charge in [-0.25, -0.2) is 4.79 Å². The Morgan fingerprint density at radius 2 is 0.845 bits per heavy atom. The molecule has 0 saturated heterocycles. The summed E-state index contributed by atoms with van der Waals surface area (Å²) in [5, 5.41) is 28.8. The second-order valence-corrected chi connectivity index (χ2v) is 14.6. The second kappa shape index (κ2) is 41.8. The van der Waals surface area contributed by atoms with Crippen molar-refractivity contribution in [3.63, 3.8) is 0 Å². The zero-order valence-electron chi connectivity index (χ0n) is 35.6. The number of aliphatic carboxylic acids is 2. The van der Waals surface area contributed by atoms with E-state index in [0.717, 1.165) is 57.8 Å². The zero-order chi connectivity index (χ0) is 42.7. The fraction of sp³-hybridized carbons (Fsp3) is 0.857. The van der Waals surface area contributed by atoms with E-state index in [0.29, 0.717) is 32.7 Å². The van der Waals surface area contributed by atoms with Crippen molar-refractivity contribution in [2.75, 3.05) is 72.5 Å². The number of carboxylic acids is 2. The van der Waals surface area contributed by atoms with Crippen LogP contribution in [0, 0.1) is 0 Å². The Bertz CT molecular complexity index is 1070. The number of carbonyl (C=O) groups is 6. The van der Waals surface area contributed by atoms with Crippen molar-refractivity contribution in [1.82, 2.24) is 21.3 Å². The lowest BCUT2D eigenvalue weighted by Crippen LogP contribution is -2.41. The van der Waals surface area contributed by atoms with E-state index in [1.807, 2.05) is 0 Å². The molecule has 16 nitrogen and oxygen atoms in total. The van der Waals surface area contributed by atoms with Gasteiger partial charge in [0.1, 0.15) is 19.3 Å². The van der Waals surface area contributed by atoms with Gasteiger partial charge < -0.3 is 50.4 Å². The van der Waals surface area contributed by atoms with E-state index in [1.165, 1.54) is 57.8 Å². The highest BCUT2D eigenvalue weighted by atomic mass is 16.5. The number of amides is 4. The fourth-order valence-corrected chi connectivity index (χ4v) is 5.92. The molecule has 1 atom stereocenters. The monoisotopic (exact) mass is 831 g/mol. The summed E-state index contributed by atoms with van der Waals surface area (Å²) < 4.78 is 21.3. The van der Waals surface area contributed by atoms with Crippen LogP contribution in [0.15, 0.2) is 0 Å². The van der Waals surface area contributed by atoms with E-state index in [1.54, 1.807) is 0 Å². The lowest BCUT2D eigenvalue weighted by Gasteiger charge is -2.14.